The highest BCUT2D eigenvalue weighted by molar-refractivity contribution is 5.99. The van der Waals surface area contributed by atoms with Crippen LogP contribution in [-0.2, 0) is 0 Å². The Morgan fingerprint density at radius 1 is 0.645 bits per heavy atom. The Labute approximate surface area is 177 Å². The monoisotopic (exact) mass is 407 g/mol. The van der Waals surface area contributed by atoms with E-state index in [1.807, 2.05) is 77.7 Å². The third-order valence-electron chi connectivity index (χ3n) is 5.42. The van der Waals surface area contributed by atoms with Crippen LogP contribution in [0.5, 0.6) is 11.5 Å². The lowest BCUT2D eigenvalue weighted by molar-refractivity contribution is 0.460. The number of rotatable bonds is 4. The fourth-order valence-electron chi connectivity index (χ4n) is 3.91. The number of nitrogens with zero attached hydrogens (tertiary/aromatic N) is 1. The van der Waals surface area contributed by atoms with Crippen LogP contribution < -0.4 is 15.8 Å². The van der Waals surface area contributed by atoms with Crippen LogP contribution in [0.1, 0.15) is 0 Å². The van der Waals surface area contributed by atoms with Crippen LogP contribution >= 0.6 is 0 Å². The van der Waals surface area contributed by atoms with E-state index in [1.165, 1.54) is 6.07 Å². The molecule has 5 aromatic carbocycles. The van der Waals surface area contributed by atoms with Crippen molar-refractivity contribution in [1.82, 2.24) is 0 Å². The van der Waals surface area contributed by atoms with Gasteiger partial charge in [0, 0.05) is 28.4 Å². The molecule has 5 heteroatoms. The first kappa shape index (κ1) is 18.6. The lowest BCUT2D eigenvalue weighted by Gasteiger charge is -2.27. The summed E-state index contributed by atoms with van der Waals surface area (Å²) in [5, 5.41) is 22.6. The average Bonchev–Trinajstić information content (AvgIpc) is 2.81. The SMILES string of the molecule is O=c1c(O)c(-c2ccc(N(c3ccccc3)c3cccc4ccccc34)cc2O)c1=O. The number of hydrogen-bond acceptors (Lipinski definition) is 5. The Kier molecular flexibility index (Phi) is 4.30. The molecule has 0 spiro atoms. The molecule has 0 saturated carbocycles. The molecule has 0 aliphatic rings. The third kappa shape index (κ3) is 2.95. The minimum Gasteiger partial charge on any atom is -0.507 e. The van der Waals surface area contributed by atoms with Gasteiger partial charge in [-0.05, 0) is 35.7 Å². The molecular formula is C26H17NO4. The number of aromatic hydroxyl groups is 2. The molecule has 0 atom stereocenters. The zero-order valence-corrected chi connectivity index (χ0v) is 16.3. The summed E-state index contributed by atoms with van der Waals surface area (Å²) in [5.74, 6) is -0.803. The molecule has 0 aliphatic heterocycles. The van der Waals surface area contributed by atoms with Gasteiger partial charge in [-0.15, -0.1) is 0 Å². The molecule has 0 fully saturated rings. The highest BCUT2D eigenvalue weighted by atomic mass is 16.3. The van der Waals surface area contributed by atoms with E-state index in [9.17, 15) is 19.8 Å². The molecule has 31 heavy (non-hydrogen) atoms. The zero-order valence-electron chi connectivity index (χ0n) is 16.3. The van der Waals surface area contributed by atoms with Crippen molar-refractivity contribution in [3.63, 3.8) is 0 Å². The van der Waals surface area contributed by atoms with Crippen LogP contribution in [0.4, 0.5) is 17.1 Å². The molecule has 0 bridgehead atoms. The first-order chi connectivity index (χ1) is 15.1. The zero-order chi connectivity index (χ0) is 21.5. The Bertz CT molecular complexity index is 1490. The first-order valence-electron chi connectivity index (χ1n) is 9.75. The summed E-state index contributed by atoms with van der Waals surface area (Å²) < 4.78 is 0. The largest absolute Gasteiger partial charge is 0.507 e. The average molecular weight is 407 g/mol. The second-order valence-electron chi connectivity index (χ2n) is 7.25. The van der Waals surface area contributed by atoms with E-state index in [2.05, 4.69) is 0 Å². The minimum absolute atomic E-state index is 0.136. The second-order valence-corrected chi connectivity index (χ2v) is 7.25. The number of anilines is 3. The molecule has 0 saturated heterocycles. The van der Waals surface area contributed by atoms with E-state index in [4.69, 9.17) is 0 Å². The third-order valence-corrected chi connectivity index (χ3v) is 5.42. The number of hydrogen-bond donors (Lipinski definition) is 2. The van der Waals surface area contributed by atoms with Crippen molar-refractivity contribution >= 4 is 27.8 Å². The van der Waals surface area contributed by atoms with Crippen LogP contribution in [0.25, 0.3) is 21.9 Å². The number of benzene rings is 4. The van der Waals surface area contributed by atoms with Crippen molar-refractivity contribution in [3.05, 3.63) is 111 Å². The molecule has 5 nitrogen and oxygen atoms in total. The molecule has 5 aromatic rings. The molecule has 0 unspecified atom stereocenters. The smallest absolute Gasteiger partial charge is 0.268 e. The molecule has 150 valence electrons. The van der Waals surface area contributed by atoms with Gasteiger partial charge in [-0.2, -0.15) is 0 Å². The summed E-state index contributed by atoms with van der Waals surface area (Å²) >= 11 is 0. The summed E-state index contributed by atoms with van der Waals surface area (Å²) in [6, 6.07) is 28.6. The van der Waals surface area contributed by atoms with E-state index in [0.29, 0.717) is 5.69 Å². The highest BCUT2D eigenvalue weighted by Gasteiger charge is 2.25. The predicted octanol–water partition coefficient (Wildman–Crippen LogP) is 4.98. The second kappa shape index (κ2) is 7.15. The van der Waals surface area contributed by atoms with Gasteiger partial charge in [-0.25, -0.2) is 0 Å². The van der Waals surface area contributed by atoms with Gasteiger partial charge in [-0.3, -0.25) is 9.59 Å². The van der Waals surface area contributed by atoms with Crippen LogP contribution in [0.3, 0.4) is 0 Å². The summed E-state index contributed by atoms with van der Waals surface area (Å²) in [4.78, 5) is 25.2. The van der Waals surface area contributed by atoms with Crippen molar-refractivity contribution in [2.45, 2.75) is 0 Å². The molecular weight excluding hydrogens is 390 g/mol. The molecule has 0 aliphatic carbocycles. The lowest BCUT2D eigenvalue weighted by Crippen LogP contribution is -2.31. The van der Waals surface area contributed by atoms with Crippen LogP contribution in [0.2, 0.25) is 0 Å². The first-order valence-corrected chi connectivity index (χ1v) is 9.75. The van der Waals surface area contributed by atoms with Crippen LogP contribution in [-0.4, -0.2) is 10.2 Å². The van der Waals surface area contributed by atoms with Gasteiger partial charge >= 0.3 is 0 Å². The topological polar surface area (TPSA) is 77.8 Å². The summed E-state index contributed by atoms with van der Waals surface area (Å²) in [6.45, 7) is 0. The minimum atomic E-state index is -0.930. The van der Waals surface area contributed by atoms with Crippen molar-refractivity contribution in [3.8, 4) is 22.6 Å². The Hall–Kier alpha value is -4.38. The van der Waals surface area contributed by atoms with E-state index in [-0.39, 0.29) is 16.9 Å². The van der Waals surface area contributed by atoms with Gasteiger partial charge in [0.05, 0.1) is 11.3 Å². The lowest BCUT2D eigenvalue weighted by atomic mass is 9.98. The van der Waals surface area contributed by atoms with E-state index in [1.54, 1.807) is 12.1 Å². The molecule has 0 aromatic heterocycles. The van der Waals surface area contributed by atoms with Gasteiger partial charge in [-0.1, -0.05) is 54.6 Å². The van der Waals surface area contributed by atoms with E-state index in [0.717, 1.165) is 22.1 Å². The summed E-state index contributed by atoms with van der Waals surface area (Å²) in [5.41, 5.74) is 0.746. The van der Waals surface area contributed by atoms with Gasteiger partial charge in [0.15, 0.2) is 5.75 Å². The fraction of sp³-hybridized carbons (Fsp3) is 0. The standard InChI is InChI=1S/C26H17NO4/c28-22-15-18(13-14-20(22)23-24(29)26(31)25(23)30)27(17-9-2-1-3-10-17)21-12-6-8-16-7-4-5-11-19(16)21/h1-15,28-29H. The van der Waals surface area contributed by atoms with Crippen molar-refractivity contribution < 1.29 is 10.2 Å². The molecule has 0 heterocycles. The van der Waals surface area contributed by atoms with Gasteiger partial charge in [0.2, 0.25) is 5.43 Å². The number of phenolic OH excluding ortho intramolecular Hbond substituents is 1. The normalized spacial score (nSPS) is 11.1. The van der Waals surface area contributed by atoms with Gasteiger partial charge in [0.25, 0.3) is 5.43 Å². The molecule has 5 rings (SSSR count). The summed E-state index contributed by atoms with van der Waals surface area (Å²) in [6.07, 6.45) is 0. The maximum absolute atomic E-state index is 11.8. The molecule has 0 amide bonds. The summed E-state index contributed by atoms with van der Waals surface area (Å²) in [7, 11) is 0. The maximum Gasteiger partial charge on any atom is 0.268 e. The maximum atomic E-state index is 11.8. The number of phenols is 1. The van der Waals surface area contributed by atoms with Crippen LogP contribution in [0, 0.1) is 0 Å². The number of fused-ring (bicyclic) bond motifs is 1. The Morgan fingerprint density at radius 2 is 1.35 bits per heavy atom. The van der Waals surface area contributed by atoms with Crippen LogP contribution in [0.15, 0.2) is 101 Å². The quantitative estimate of drug-likeness (QED) is 0.411. The van der Waals surface area contributed by atoms with Gasteiger partial charge < -0.3 is 15.1 Å². The van der Waals surface area contributed by atoms with Gasteiger partial charge in [0.1, 0.15) is 5.75 Å². The van der Waals surface area contributed by atoms with Crippen molar-refractivity contribution in [2.75, 3.05) is 4.90 Å². The number of para-hydroxylation sites is 1. The predicted molar refractivity (Wildman–Crippen MR) is 122 cm³/mol. The van der Waals surface area contributed by atoms with E-state index >= 15 is 0 Å². The molecule has 2 N–H and O–H groups in total. The highest BCUT2D eigenvalue weighted by Crippen LogP contribution is 2.42. The Morgan fingerprint density at radius 3 is 2.10 bits per heavy atom. The van der Waals surface area contributed by atoms with Crippen molar-refractivity contribution in [2.24, 2.45) is 0 Å². The van der Waals surface area contributed by atoms with E-state index < -0.39 is 16.6 Å². The fourth-order valence-corrected chi connectivity index (χ4v) is 3.91. The Balaban J connectivity index is 1.71. The molecule has 0 radical (unpaired) electrons. The van der Waals surface area contributed by atoms with Crippen molar-refractivity contribution in [1.29, 1.82) is 0 Å².